The Morgan fingerprint density at radius 2 is 1.53 bits per heavy atom. The van der Waals surface area contributed by atoms with Crippen molar-refractivity contribution in [3.63, 3.8) is 0 Å². The molecule has 0 saturated carbocycles. The summed E-state index contributed by atoms with van der Waals surface area (Å²) in [5, 5.41) is 13.2. The van der Waals surface area contributed by atoms with Crippen molar-refractivity contribution in [1.29, 1.82) is 0 Å². The van der Waals surface area contributed by atoms with E-state index in [-0.39, 0.29) is 36.3 Å². The molecule has 1 atom stereocenters. The molecule has 0 aromatic heterocycles. The molecular formula is C30H43NO5. The third-order valence-corrected chi connectivity index (χ3v) is 7.19. The van der Waals surface area contributed by atoms with Gasteiger partial charge in [-0.3, -0.25) is 14.9 Å². The van der Waals surface area contributed by atoms with Crippen molar-refractivity contribution >= 4 is 11.8 Å². The average molecular weight is 498 g/mol. The molecule has 6 heteroatoms. The Kier molecular flexibility index (Phi) is 10.3. The monoisotopic (exact) mass is 497 g/mol. The number of ether oxygens (including phenoxy) is 2. The number of carbonyl (C=O) groups excluding carboxylic acids is 2. The molecule has 6 nitrogen and oxygen atoms in total. The summed E-state index contributed by atoms with van der Waals surface area (Å²) in [6.45, 7) is 14.7. The first kappa shape index (κ1) is 29.5. The maximum Gasteiger partial charge on any atom is 0.319 e. The fraction of sp³-hybridized carbons (Fsp3) is 0.533. The van der Waals surface area contributed by atoms with E-state index in [4.69, 9.17) is 4.74 Å². The highest BCUT2D eigenvalue weighted by Crippen LogP contribution is 2.41. The number of methoxy groups -OCH3 is 1. The van der Waals surface area contributed by atoms with Crippen LogP contribution in [0.2, 0.25) is 0 Å². The van der Waals surface area contributed by atoms with Gasteiger partial charge in [0.05, 0.1) is 26.3 Å². The molecule has 2 aromatic carbocycles. The normalized spacial score (nSPS) is 12.8. The Morgan fingerprint density at radius 3 is 2.03 bits per heavy atom. The minimum absolute atomic E-state index is 0.00236. The summed E-state index contributed by atoms with van der Waals surface area (Å²) in [7, 11) is 1.32. The van der Waals surface area contributed by atoms with Crippen molar-refractivity contribution in [2.24, 2.45) is 5.41 Å². The fourth-order valence-electron chi connectivity index (χ4n) is 4.48. The van der Waals surface area contributed by atoms with Crippen LogP contribution in [0.4, 0.5) is 0 Å². The number of Topliss-reactive ketones (excluding diaryl/α,β-unsaturated/α-hetero) is 1. The molecule has 2 rings (SSSR count). The number of aryl methyl sites for hydroxylation is 2. The number of carbonyl (C=O) groups is 2. The SMILES string of the molecule is CCC(CC)(c1ccc(OCC(O)C(C)(C)C)c(C)c1)c1ccc(C(=O)CNCC(=O)OC)c(C)c1. The first-order valence-corrected chi connectivity index (χ1v) is 12.7. The van der Waals surface area contributed by atoms with Crippen molar-refractivity contribution in [2.45, 2.75) is 72.8 Å². The lowest BCUT2D eigenvalue weighted by Gasteiger charge is -2.34. The molecule has 0 saturated heterocycles. The van der Waals surface area contributed by atoms with Gasteiger partial charge in [0.1, 0.15) is 12.4 Å². The maximum absolute atomic E-state index is 12.7. The number of aliphatic hydroxyl groups is 1. The van der Waals surface area contributed by atoms with Crippen molar-refractivity contribution in [3.8, 4) is 5.75 Å². The molecule has 0 radical (unpaired) electrons. The van der Waals surface area contributed by atoms with Gasteiger partial charge in [0.15, 0.2) is 5.78 Å². The van der Waals surface area contributed by atoms with Crippen LogP contribution in [0.5, 0.6) is 5.75 Å². The second-order valence-electron chi connectivity index (χ2n) is 10.6. The highest BCUT2D eigenvalue weighted by Gasteiger charge is 2.32. The Morgan fingerprint density at radius 1 is 0.944 bits per heavy atom. The molecule has 2 aromatic rings. The van der Waals surface area contributed by atoms with Gasteiger partial charge in [-0.2, -0.15) is 0 Å². The predicted octanol–water partition coefficient (Wildman–Crippen LogP) is 5.14. The first-order chi connectivity index (χ1) is 16.9. The molecule has 0 amide bonds. The number of esters is 1. The summed E-state index contributed by atoms with van der Waals surface area (Å²) in [6.07, 6.45) is 1.25. The number of benzene rings is 2. The van der Waals surface area contributed by atoms with Gasteiger partial charge in [-0.15, -0.1) is 0 Å². The minimum Gasteiger partial charge on any atom is -0.491 e. The molecule has 0 heterocycles. The van der Waals surface area contributed by atoms with Crippen LogP contribution in [-0.4, -0.2) is 49.8 Å². The number of aliphatic hydroxyl groups excluding tert-OH is 1. The minimum atomic E-state index is -0.554. The number of hydrogen-bond acceptors (Lipinski definition) is 6. The smallest absolute Gasteiger partial charge is 0.319 e. The molecule has 0 aliphatic carbocycles. The molecule has 2 N–H and O–H groups in total. The molecule has 0 bridgehead atoms. The summed E-state index contributed by atoms with van der Waals surface area (Å²) in [5.74, 6) is 0.318. The molecule has 0 aliphatic heterocycles. The van der Waals surface area contributed by atoms with E-state index in [9.17, 15) is 14.7 Å². The van der Waals surface area contributed by atoms with Gasteiger partial charge in [-0.05, 0) is 60.4 Å². The summed E-state index contributed by atoms with van der Waals surface area (Å²) in [5.41, 5.74) is 4.51. The number of nitrogens with one attached hydrogen (secondary N) is 1. The lowest BCUT2D eigenvalue weighted by atomic mass is 9.69. The van der Waals surface area contributed by atoms with Crippen molar-refractivity contribution in [1.82, 2.24) is 5.32 Å². The van der Waals surface area contributed by atoms with Crippen molar-refractivity contribution in [2.75, 3.05) is 26.8 Å². The van der Waals surface area contributed by atoms with E-state index < -0.39 is 12.1 Å². The van der Waals surface area contributed by atoms with Crippen LogP contribution in [0, 0.1) is 19.3 Å². The van der Waals surface area contributed by atoms with Gasteiger partial charge in [-0.25, -0.2) is 0 Å². The molecule has 1 unspecified atom stereocenters. The second-order valence-corrected chi connectivity index (χ2v) is 10.6. The van der Waals surface area contributed by atoms with E-state index in [0.29, 0.717) is 5.56 Å². The number of rotatable bonds is 12. The topological polar surface area (TPSA) is 84.9 Å². The van der Waals surface area contributed by atoms with Crippen LogP contribution in [0.25, 0.3) is 0 Å². The van der Waals surface area contributed by atoms with E-state index in [1.165, 1.54) is 18.2 Å². The first-order valence-electron chi connectivity index (χ1n) is 12.7. The van der Waals surface area contributed by atoms with Crippen LogP contribution in [-0.2, 0) is 14.9 Å². The lowest BCUT2D eigenvalue weighted by Crippen LogP contribution is -2.32. The van der Waals surface area contributed by atoms with Crippen LogP contribution >= 0.6 is 0 Å². The molecule has 0 aliphatic rings. The quantitative estimate of drug-likeness (QED) is 0.312. The molecule has 198 valence electrons. The summed E-state index contributed by atoms with van der Waals surface area (Å²) in [6, 6.07) is 12.3. The van der Waals surface area contributed by atoms with Gasteiger partial charge in [0.2, 0.25) is 0 Å². The Hall–Kier alpha value is -2.70. The third kappa shape index (κ3) is 6.95. The maximum atomic E-state index is 12.7. The Balaban J connectivity index is 2.29. The average Bonchev–Trinajstić information content (AvgIpc) is 2.83. The zero-order chi connectivity index (χ0) is 27.1. The van der Waals surface area contributed by atoms with Crippen molar-refractivity contribution in [3.05, 3.63) is 64.2 Å². The Labute approximate surface area is 216 Å². The zero-order valence-corrected chi connectivity index (χ0v) is 23.2. The van der Waals surface area contributed by atoms with Gasteiger partial charge >= 0.3 is 5.97 Å². The van der Waals surface area contributed by atoms with Crippen LogP contribution in [0.3, 0.4) is 0 Å². The van der Waals surface area contributed by atoms with E-state index in [2.05, 4.69) is 42.1 Å². The molecule has 36 heavy (non-hydrogen) atoms. The van der Waals surface area contributed by atoms with E-state index in [0.717, 1.165) is 29.7 Å². The van der Waals surface area contributed by atoms with Crippen LogP contribution in [0.15, 0.2) is 36.4 Å². The predicted molar refractivity (Wildman–Crippen MR) is 144 cm³/mol. The summed E-state index contributed by atoms with van der Waals surface area (Å²) in [4.78, 5) is 24.0. The molecule has 0 spiro atoms. The fourth-order valence-corrected chi connectivity index (χ4v) is 4.48. The van der Waals surface area contributed by atoms with Crippen LogP contribution in [0.1, 0.15) is 80.1 Å². The largest absolute Gasteiger partial charge is 0.491 e. The van der Waals surface area contributed by atoms with Crippen molar-refractivity contribution < 1.29 is 24.2 Å². The summed E-state index contributed by atoms with van der Waals surface area (Å²) >= 11 is 0. The lowest BCUT2D eigenvalue weighted by molar-refractivity contribution is -0.139. The number of hydrogen-bond donors (Lipinski definition) is 2. The highest BCUT2D eigenvalue weighted by molar-refractivity contribution is 5.99. The van der Waals surface area contributed by atoms with Crippen LogP contribution < -0.4 is 10.1 Å². The summed E-state index contributed by atoms with van der Waals surface area (Å²) < 4.78 is 10.6. The van der Waals surface area contributed by atoms with Gasteiger partial charge in [0.25, 0.3) is 0 Å². The number of ketones is 1. The Bertz CT molecular complexity index is 1050. The van der Waals surface area contributed by atoms with Gasteiger partial charge in [0, 0.05) is 11.0 Å². The molecular weight excluding hydrogens is 454 g/mol. The third-order valence-electron chi connectivity index (χ3n) is 7.19. The van der Waals surface area contributed by atoms with E-state index in [1.807, 2.05) is 52.8 Å². The standard InChI is InChI=1S/C30H43NO5/c1-9-30(10-2,23-12-14-26(21(4)16-23)36-19-27(33)29(5,6)7)22-11-13-24(20(3)15-22)25(32)17-31-18-28(34)35-8/h11-16,27,31,33H,9-10,17-19H2,1-8H3. The van der Waals surface area contributed by atoms with Gasteiger partial charge in [-0.1, -0.05) is 65.0 Å². The molecule has 0 fully saturated rings. The highest BCUT2D eigenvalue weighted by atomic mass is 16.5. The van der Waals surface area contributed by atoms with E-state index >= 15 is 0 Å². The van der Waals surface area contributed by atoms with E-state index in [1.54, 1.807) is 0 Å². The zero-order valence-electron chi connectivity index (χ0n) is 23.2. The van der Waals surface area contributed by atoms with Gasteiger partial charge < -0.3 is 14.6 Å². The second kappa shape index (κ2) is 12.5.